The summed E-state index contributed by atoms with van der Waals surface area (Å²) >= 11 is 0. The normalized spacial score (nSPS) is 11.5. The van der Waals surface area contributed by atoms with Gasteiger partial charge in [0.05, 0.1) is 17.8 Å². The van der Waals surface area contributed by atoms with Gasteiger partial charge in [-0.05, 0) is 22.6 Å². The topological polar surface area (TPSA) is 121 Å². The molecule has 0 unspecified atom stereocenters. The number of nitrogens with two attached hydrogens (primary N) is 1. The largest absolute Gasteiger partial charge is 0.410 e. The number of halogens is 1. The first-order valence-electron chi connectivity index (χ1n) is 5.26. The first kappa shape index (κ1) is 14.1. The number of sulfonamides is 1. The van der Waals surface area contributed by atoms with Crippen LogP contribution in [0.5, 0.6) is 0 Å². The summed E-state index contributed by atoms with van der Waals surface area (Å²) in [6, 6.07) is 5.35. The van der Waals surface area contributed by atoms with Crippen LogP contribution >= 0.6 is 0 Å². The van der Waals surface area contributed by atoms with E-state index in [9.17, 15) is 22.9 Å². The molecule has 2 rings (SSSR count). The summed E-state index contributed by atoms with van der Waals surface area (Å²) in [7, 11) is -4.24. The maximum Gasteiger partial charge on any atom is 0.410 e. The third-order valence-electron chi connectivity index (χ3n) is 2.45. The lowest BCUT2D eigenvalue weighted by Gasteiger charge is -1.97. The lowest BCUT2D eigenvalue weighted by Crippen LogP contribution is -2.13. The van der Waals surface area contributed by atoms with Gasteiger partial charge in [0.1, 0.15) is 5.82 Å². The molecule has 0 saturated carbocycles. The molecule has 1 aromatic heterocycles. The molecule has 2 N–H and O–H groups in total. The zero-order valence-electron chi connectivity index (χ0n) is 9.93. The molecule has 0 aliphatic heterocycles. The minimum atomic E-state index is -4.24. The smallest absolute Gasteiger partial charge is 0.358 e. The summed E-state index contributed by atoms with van der Waals surface area (Å²) in [5, 5.41) is 19.2. The van der Waals surface area contributed by atoms with Crippen LogP contribution in [-0.2, 0) is 16.6 Å². The Balaban J connectivity index is 2.39. The van der Waals surface area contributed by atoms with Gasteiger partial charge in [0.15, 0.2) is 0 Å². The molecule has 20 heavy (non-hydrogen) atoms. The third kappa shape index (κ3) is 2.97. The summed E-state index contributed by atoms with van der Waals surface area (Å²) in [4.78, 5) is 9.15. The van der Waals surface area contributed by atoms with Crippen molar-refractivity contribution in [1.82, 2.24) is 9.78 Å². The van der Waals surface area contributed by atoms with E-state index in [0.29, 0.717) is 5.56 Å². The van der Waals surface area contributed by atoms with Crippen LogP contribution in [0.15, 0.2) is 35.4 Å². The van der Waals surface area contributed by atoms with Crippen molar-refractivity contribution >= 4 is 15.8 Å². The average Bonchev–Trinajstić information content (AvgIpc) is 2.76. The van der Waals surface area contributed by atoms with E-state index in [1.807, 2.05) is 0 Å². The van der Waals surface area contributed by atoms with Gasteiger partial charge in [0.25, 0.3) is 0 Å². The van der Waals surface area contributed by atoms with E-state index in [4.69, 9.17) is 5.14 Å². The first-order valence-corrected chi connectivity index (χ1v) is 6.81. The average molecular weight is 300 g/mol. The second-order valence-corrected chi connectivity index (χ2v) is 5.47. The van der Waals surface area contributed by atoms with Crippen LogP contribution in [-0.4, -0.2) is 23.1 Å². The van der Waals surface area contributed by atoms with Crippen LogP contribution in [0.2, 0.25) is 0 Å². The van der Waals surface area contributed by atoms with Gasteiger partial charge < -0.3 is 10.1 Å². The molecule has 0 bridgehead atoms. The first-order chi connectivity index (χ1) is 9.27. The number of nitrogens with zero attached hydrogens (tertiary/aromatic N) is 3. The lowest BCUT2D eigenvalue weighted by molar-refractivity contribution is -0.392. The summed E-state index contributed by atoms with van der Waals surface area (Å²) in [6.45, 7) is 0.0522. The van der Waals surface area contributed by atoms with E-state index < -0.39 is 31.5 Å². The van der Waals surface area contributed by atoms with Crippen molar-refractivity contribution in [3.63, 3.8) is 0 Å². The van der Waals surface area contributed by atoms with Gasteiger partial charge in [0.2, 0.25) is 14.9 Å². The molecule has 0 spiro atoms. The van der Waals surface area contributed by atoms with Gasteiger partial charge in [-0.1, -0.05) is 12.1 Å². The molecule has 1 aromatic carbocycles. The molecule has 0 saturated heterocycles. The van der Waals surface area contributed by atoms with Crippen molar-refractivity contribution in [2.75, 3.05) is 0 Å². The van der Waals surface area contributed by atoms with E-state index in [1.165, 1.54) is 24.3 Å². The van der Waals surface area contributed by atoms with Crippen molar-refractivity contribution in [2.45, 2.75) is 11.4 Å². The van der Waals surface area contributed by atoms with E-state index in [-0.39, 0.29) is 6.54 Å². The van der Waals surface area contributed by atoms with Crippen LogP contribution in [0.25, 0.3) is 0 Å². The Morgan fingerprint density at radius 3 is 2.40 bits per heavy atom. The molecule has 8 nitrogen and oxygen atoms in total. The van der Waals surface area contributed by atoms with Crippen molar-refractivity contribution in [1.29, 1.82) is 0 Å². The zero-order chi connectivity index (χ0) is 14.9. The summed E-state index contributed by atoms with van der Waals surface area (Å²) < 4.78 is 36.3. The maximum absolute atomic E-state index is 12.7. The number of aromatic nitrogens is 2. The van der Waals surface area contributed by atoms with E-state index in [0.717, 1.165) is 10.9 Å². The molecule has 106 valence electrons. The fourth-order valence-corrected chi connectivity index (χ4v) is 2.22. The monoisotopic (exact) mass is 300 g/mol. The highest BCUT2D eigenvalue weighted by atomic mass is 32.2. The van der Waals surface area contributed by atoms with Crippen LogP contribution in [0.1, 0.15) is 5.56 Å². The second kappa shape index (κ2) is 4.98. The zero-order valence-corrected chi connectivity index (χ0v) is 10.7. The molecule has 1 heterocycles. The lowest BCUT2D eigenvalue weighted by atomic mass is 10.2. The molecular weight excluding hydrogens is 291 g/mol. The molecule has 2 aromatic rings. The SMILES string of the molecule is NS(=O)(=O)c1cn(Cc2ccc(F)cc2)nc1[N+](=O)[O-]. The second-order valence-electron chi connectivity index (χ2n) is 3.94. The van der Waals surface area contributed by atoms with Crippen LogP contribution < -0.4 is 5.14 Å². The van der Waals surface area contributed by atoms with Gasteiger partial charge >= 0.3 is 5.82 Å². The summed E-state index contributed by atoms with van der Waals surface area (Å²) in [6.07, 6.45) is 0.969. The minimum Gasteiger partial charge on any atom is -0.358 e. The van der Waals surface area contributed by atoms with E-state index in [1.54, 1.807) is 0 Å². The van der Waals surface area contributed by atoms with E-state index >= 15 is 0 Å². The third-order valence-corrected chi connectivity index (χ3v) is 3.35. The number of benzene rings is 1. The molecule has 0 aliphatic rings. The Morgan fingerprint density at radius 2 is 1.95 bits per heavy atom. The van der Waals surface area contributed by atoms with Crippen molar-refractivity contribution in [2.24, 2.45) is 5.14 Å². The van der Waals surface area contributed by atoms with Crippen molar-refractivity contribution in [3.05, 3.63) is 52.0 Å². The van der Waals surface area contributed by atoms with Gasteiger partial charge in [-0.25, -0.2) is 17.9 Å². The van der Waals surface area contributed by atoms with Crippen LogP contribution in [0.4, 0.5) is 10.2 Å². The highest BCUT2D eigenvalue weighted by molar-refractivity contribution is 7.89. The van der Waals surface area contributed by atoms with Gasteiger partial charge in [-0.2, -0.15) is 4.68 Å². The predicted molar refractivity (Wildman–Crippen MR) is 65.8 cm³/mol. The van der Waals surface area contributed by atoms with Crippen molar-refractivity contribution in [3.8, 4) is 0 Å². The molecule has 0 fully saturated rings. The standard InChI is InChI=1S/C10H9FN4O4S/c11-8-3-1-7(2-4-8)5-14-6-9(20(12,18)19)10(13-14)15(16)17/h1-4,6H,5H2,(H2,12,18,19). The number of hydrogen-bond donors (Lipinski definition) is 1. The number of primary sulfonamides is 1. The Bertz CT molecular complexity index is 754. The quantitative estimate of drug-likeness (QED) is 0.655. The maximum atomic E-state index is 12.7. The van der Waals surface area contributed by atoms with E-state index in [2.05, 4.69) is 5.10 Å². The number of nitro groups is 1. The van der Waals surface area contributed by atoms with Gasteiger partial charge in [-0.15, -0.1) is 0 Å². The Labute approximate surface area is 112 Å². The fraction of sp³-hybridized carbons (Fsp3) is 0.100. The molecule has 0 radical (unpaired) electrons. The molecule has 0 aliphatic carbocycles. The Kier molecular flexibility index (Phi) is 3.51. The van der Waals surface area contributed by atoms with Gasteiger partial charge in [-0.3, -0.25) is 0 Å². The Hall–Kier alpha value is -2.33. The van der Waals surface area contributed by atoms with Crippen LogP contribution in [0.3, 0.4) is 0 Å². The summed E-state index contributed by atoms with van der Waals surface area (Å²) in [5.74, 6) is -1.26. The van der Waals surface area contributed by atoms with Crippen LogP contribution in [0, 0.1) is 15.9 Å². The van der Waals surface area contributed by atoms with Crippen molar-refractivity contribution < 1.29 is 17.7 Å². The Morgan fingerprint density at radius 1 is 1.35 bits per heavy atom. The molecular formula is C10H9FN4O4S. The highest BCUT2D eigenvalue weighted by Gasteiger charge is 2.28. The number of hydrogen-bond acceptors (Lipinski definition) is 5. The predicted octanol–water partition coefficient (Wildman–Crippen LogP) is 0.626. The molecule has 10 heteroatoms. The minimum absolute atomic E-state index is 0.0522. The van der Waals surface area contributed by atoms with Gasteiger partial charge in [0, 0.05) is 0 Å². The summed E-state index contributed by atoms with van der Waals surface area (Å²) in [5.41, 5.74) is 0.602. The number of rotatable bonds is 4. The fourth-order valence-electron chi connectivity index (χ4n) is 1.58. The molecule has 0 amide bonds. The highest BCUT2D eigenvalue weighted by Crippen LogP contribution is 2.20. The molecule has 0 atom stereocenters.